The van der Waals surface area contributed by atoms with E-state index in [9.17, 15) is 9.59 Å². The lowest BCUT2D eigenvalue weighted by Crippen LogP contribution is -2.40. The molecule has 2 aliphatic carbocycles. The molecule has 5 heteroatoms. The molecule has 0 saturated heterocycles. The number of esters is 1. The number of pyridine rings is 1. The Kier molecular flexibility index (Phi) is 6.59. The monoisotopic (exact) mass is 442 g/mol. The van der Waals surface area contributed by atoms with Gasteiger partial charge >= 0.3 is 5.97 Å². The van der Waals surface area contributed by atoms with Gasteiger partial charge in [-0.1, -0.05) is 42.9 Å². The summed E-state index contributed by atoms with van der Waals surface area (Å²) in [4.78, 5) is 32.2. The molecule has 2 atom stereocenters. The minimum atomic E-state index is -0.508. The first-order valence-electron chi connectivity index (χ1n) is 11.5. The fourth-order valence-corrected chi connectivity index (χ4v) is 5.02. The number of aliphatic imine (C=N–C) groups is 1. The van der Waals surface area contributed by atoms with Crippen molar-refractivity contribution in [3.63, 3.8) is 0 Å². The third-order valence-corrected chi connectivity index (χ3v) is 6.31. The minimum Gasteiger partial charge on any atom is -0.462 e. The van der Waals surface area contributed by atoms with Gasteiger partial charge in [0.1, 0.15) is 5.54 Å². The van der Waals surface area contributed by atoms with E-state index in [0.29, 0.717) is 12.2 Å². The molecular formula is C28H30N2O3. The van der Waals surface area contributed by atoms with Crippen molar-refractivity contribution in [2.24, 2.45) is 10.9 Å². The number of H-pyrrole nitrogens is 1. The van der Waals surface area contributed by atoms with E-state index in [2.05, 4.69) is 31.0 Å². The fourth-order valence-electron chi connectivity index (χ4n) is 5.02. The molecule has 1 heterocycles. The van der Waals surface area contributed by atoms with Crippen LogP contribution in [0.4, 0.5) is 0 Å². The van der Waals surface area contributed by atoms with Crippen LogP contribution in [0.3, 0.4) is 0 Å². The normalized spacial score (nSPS) is 23.1. The molecule has 1 aromatic carbocycles. The molecule has 5 nitrogen and oxygen atoms in total. The van der Waals surface area contributed by atoms with Crippen LogP contribution in [-0.4, -0.2) is 23.8 Å². The highest BCUT2D eigenvalue weighted by Crippen LogP contribution is 2.51. The van der Waals surface area contributed by atoms with E-state index in [1.165, 1.54) is 11.1 Å². The molecule has 0 amide bonds. The molecule has 1 aromatic heterocycles. The van der Waals surface area contributed by atoms with Crippen molar-refractivity contribution in [1.82, 2.24) is 4.98 Å². The molecule has 2 unspecified atom stereocenters. The summed E-state index contributed by atoms with van der Waals surface area (Å²) in [6.07, 6.45) is 12.5. The van der Waals surface area contributed by atoms with Crippen molar-refractivity contribution in [2.75, 3.05) is 6.61 Å². The van der Waals surface area contributed by atoms with Gasteiger partial charge in [0.2, 0.25) is 5.56 Å². The molecule has 0 saturated carbocycles. The van der Waals surface area contributed by atoms with E-state index in [-0.39, 0.29) is 17.4 Å². The zero-order valence-electron chi connectivity index (χ0n) is 19.4. The first-order valence-corrected chi connectivity index (χ1v) is 11.5. The van der Waals surface area contributed by atoms with Gasteiger partial charge < -0.3 is 9.72 Å². The van der Waals surface area contributed by atoms with Crippen LogP contribution >= 0.6 is 0 Å². The Labute approximate surface area is 194 Å². The van der Waals surface area contributed by atoms with Gasteiger partial charge in [-0.2, -0.15) is 0 Å². The number of aromatic amines is 1. The topological polar surface area (TPSA) is 71.5 Å². The van der Waals surface area contributed by atoms with Crippen LogP contribution in [0.5, 0.6) is 0 Å². The van der Waals surface area contributed by atoms with E-state index in [1.54, 1.807) is 12.1 Å². The highest BCUT2D eigenvalue weighted by molar-refractivity contribution is 5.90. The number of nitrogens with one attached hydrogen (secondary N) is 1. The maximum absolute atomic E-state index is 12.1. The van der Waals surface area contributed by atoms with Crippen molar-refractivity contribution in [3.05, 3.63) is 98.5 Å². The predicted molar refractivity (Wildman–Crippen MR) is 133 cm³/mol. The van der Waals surface area contributed by atoms with Crippen molar-refractivity contribution in [3.8, 4) is 0 Å². The third-order valence-electron chi connectivity index (χ3n) is 6.31. The Hall–Kier alpha value is -3.47. The maximum Gasteiger partial charge on any atom is 0.338 e. The Morgan fingerprint density at radius 1 is 1.30 bits per heavy atom. The average molecular weight is 443 g/mol. The summed E-state index contributed by atoms with van der Waals surface area (Å²) in [5, 5.41) is 0. The van der Waals surface area contributed by atoms with E-state index < -0.39 is 5.54 Å². The summed E-state index contributed by atoms with van der Waals surface area (Å²) in [7, 11) is 0. The molecular weight excluding hydrogens is 412 g/mol. The van der Waals surface area contributed by atoms with Gasteiger partial charge in [-0.3, -0.25) is 9.79 Å². The zero-order chi connectivity index (χ0) is 23.4. The van der Waals surface area contributed by atoms with Gasteiger partial charge in [0.25, 0.3) is 0 Å². The molecule has 0 spiro atoms. The predicted octanol–water partition coefficient (Wildman–Crippen LogP) is 5.39. The van der Waals surface area contributed by atoms with E-state index in [1.807, 2.05) is 49.6 Å². The molecule has 0 radical (unpaired) electrons. The number of rotatable bonds is 6. The van der Waals surface area contributed by atoms with Crippen molar-refractivity contribution < 1.29 is 9.53 Å². The van der Waals surface area contributed by atoms with Gasteiger partial charge in [0, 0.05) is 35.9 Å². The van der Waals surface area contributed by atoms with Crippen LogP contribution in [-0.2, 0) is 16.7 Å². The van der Waals surface area contributed by atoms with Crippen LogP contribution in [0.1, 0.15) is 60.8 Å². The Morgan fingerprint density at radius 3 is 2.94 bits per heavy atom. The Balaban J connectivity index is 1.64. The molecule has 2 bridgehead atoms. The molecule has 0 fully saturated rings. The third kappa shape index (κ3) is 4.54. The molecule has 33 heavy (non-hydrogen) atoms. The van der Waals surface area contributed by atoms with Crippen molar-refractivity contribution in [2.45, 2.75) is 45.6 Å². The second kappa shape index (κ2) is 9.57. The number of benzene rings is 1. The molecule has 170 valence electrons. The number of nitrogens with zero attached hydrogens (tertiary/aromatic N) is 1. The van der Waals surface area contributed by atoms with Gasteiger partial charge in [-0.05, 0) is 62.1 Å². The van der Waals surface area contributed by atoms with E-state index in [4.69, 9.17) is 9.73 Å². The first kappa shape index (κ1) is 22.7. The summed E-state index contributed by atoms with van der Waals surface area (Å²) >= 11 is 0. The van der Waals surface area contributed by atoms with Gasteiger partial charge in [0.05, 0.1) is 12.2 Å². The molecule has 4 rings (SSSR count). The maximum atomic E-state index is 12.1. The summed E-state index contributed by atoms with van der Waals surface area (Å²) in [5.41, 5.74) is 5.49. The van der Waals surface area contributed by atoms with Gasteiger partial charge in [-0.15, -0.1) is 0 Å². The summed E-state index contributed by atoms with van der Waals surface area (Å²) < 4.78 is 5.23. The van der Waals surface area contributed by atoms with E-state index in [0.717, 1.165) is 36.1 Å². The lowest BCUT2D eigenvalue weighted by molar-refractivity contribution is 0.0505. The minimum absolute atomic E-state index is 0.0761. The molecule has 0 aliphatic heterocycles. The first-order chi connectivity index (χ1) is 16.0. The second-order valence-electron chi connectivity index (χ2n) is 8.72. The van der Waals surface area contributed by atoms with Gasteiger partial charge in [0.15, 0.2) is 0 Å². The highest BCUT2D eigenvalue weighted by Gasteiger charge is 2.46. The van der Waals surface area contributed by atoms with Crippen molar-refractivity contribution in [1.29, 1.82) is 0 Å². The average Bonchev–Trinajstić information content (AvgIpc) is 2.80. The quantitative estimate of drug-likeness (QED) is 0.370. The Morgan fingerprint density at radius 2 is 2.15 bits per heavy atom. The van der Waals surface area contributed by atoms with Crippen LogP contribution < -0.4 is 5.56 Å². The number of fused-ring (bicyclic) bond motifs is 4. The summed E-state index contributed by atoms with van der Waals surface area (Å²) in [5.74, 6) is -0.0676. The van der Waals surface area contributed by atoms with Crippen LogP contribution in [0.25, 0.3) is 6.08 Å². The van der Waals surface area contributed by atoms with Gasteiger partial charge in [-0.25, -0.2) is 4.79 Å². The summed E-state index contributed by atoms with van der Waals surface area (Å²) in [6.45, 7) is 6.61. The van der Waals surface area contributed by atoms with Crippen LogP contribution in [0.2, 0.25) is 0 Å². The number of carbonyl (C=O) groups is 1. The molecule has 1 N–H and O–H groups in total. The number of hydrogen-bond acceptors (Lipinski definition) is 4. The Bertz CT molecular complexity index is 1230. The number of hydrogen-bond donors (Lipinski definition) is 1. The van der Waals surface area contributed by atoms with E-state index >= 15 is 0 Å². The number of carbonyl (C=O) groups excluding carboxylic acids is 1. The number of aromatic nitrogens is 1. The molecule has 2 aliphatic rings. The largest absolute Gasteiger partial charge is 0.462 e. The fraction of sp³-hybridized carbons (Fsp3) is 0.321. The lowest BCUT2D eigenvalue weighted by Gasteiger charge is -2.45. The lowest BCUT2D eigenvalue weighted by atomic mass is 9.63. The summed E-state index contributed by atoms with van der Waals surface area (Å²) in [6, 6.07) is 10.9. The molecule has 2 aromatic rings. The van der Waals surface area contributed by atoms with Crippen LogP contribution in [0.15, 0.2) is 75.6 Å². The zero-order valence-corrected chi connectivity index (χ0v) is 19.4. The highest BCUT2D eigenvalue weighted by atomic mass is 16.5. The standard InChI is InChI=1S/C28H30N2O3/c1-4-14-33-27(32)21-10-6-8-20(16-21)9-7-13-29-28-18-19(3)15-22(23(28)5-2)17-25-24(28)11-12-26(31)30-25/h5-13,15-16,22H,4,14,17-18H2,1-3H3,(H,30,31)/b9-7+,23-5+,29-13+. The van der Waals surface area contributed by atoms with Crippen LogP contribution in [0, 0.1) is 5.92 Å². The van der Waals surface area contributed by atoms with Crippen molar-refractivity contribution >= 4 is 18.3 Å². The second-order valence-corrected chi connectivity index (χ2v) is 8.72. The number of allylic oxidation sites excluding steroid dienone is 3. The SMILES string of the molecule is C/C=C1\C2C=C(C)CC1(/N=C/C=C/c1cccc(C(=O)OCCC)c1)c1ccc(=O)[nH]c1C2. The smallest absolute Gasteiger partial charge is 0.338 e. The number of ether oxygens (including phenoxy) is 1.